The lowest BCUT2D eigenvalue weighted by atomic mass is 10.1. The summed E-state index contributed by atoms with van der Waals surface area (Å²) in [6.45, 7) is 1.73. The third kappa shape index (κ3) is 5.00. The van der Waals surface area contributed by atoms with Crippen LogP contribution in [0.15, 0.2) is 30.3 Å². The fraction of sp³-hybridized carbons (Fsp3) is 0.462. The number of carbonyl (C=O) groups is 1. The first-order valence-electron chi connectivity index (χ1n) is 6.09. The molecule has 0 aromatic heterocycles. The second kappa shape index (κ2) is 6.68. The molecule has 0 heterocycles. The van der Waals surface area contributed by atoms with Gasteiger partial charge >= 0.3 is 0 Å². The van der Waals surface area contributed by atoms with Crippen molar-refractivity contribution in [3.8, 4) is 0 Å². The van der Waals surface area contributed by atoms with Crippen molar-refractivity contribution in [2.45, 2.75) is 24.6 Å². The number of nitrogens with one attached hydrogen (secondary N) is 1. The zero-order valence-corrected chi connectivity index (χ0v) is 12.0. The van der Waals surface area contributed by atoms with Crippen LogP contribution < -0.4 is 11.1 Å². The zero-order valence-electron chi connectivity index (χ0n) is 11.2. The number of nitrogens with two attached hydrogens (primary N) is 1. The van der Waals surface area contributed by atoms with Gasteiger partial charge in [-0.2, -0.15) is 0 Å². The molecule has 5 nitrogen and oxygen atoms in total. The van der Waals surface area contributed by atoms with Crippen molar-refractivity contribution < 1.29 is 13.2 Å². The Bertz CT molecular complexity index is 514. The van der Waals surface area contributed by atoms with Crippen molar-refractivity contribution in [2.75, 3.05) is 12.8 Å². The average molecular weight is 284 g/mol. The number of benzene rings is 1. The van der Waals surface area contributed by atoms with Gasteiger partial charge in [0, 0.05) is 18.8 Å². The van der Waals surface area contributed by atoms with E-state index in [2.05, 4.69) is 5.32 Å². The summed E-state index contributed by atoms with van der Waals surface area (Å²) < 4.78 is 22.4. The standard InChI is InChI=1S/C13H20N2O3S/c1-10(19(2,17)18)13(16)15-9-8-12(14)11-6-4-3-5-7-11/h3-7,10,12H,8-9,14H2,1-2H3,(H,15,16). The molecule has 1 rings (SSSR count). The monoisotopic (exact) mass is 284 g/mol. The number of carbonyl (C=O) groups excluding carboxylic acids is 1. The third-order valence-electron chi connectivity index (χ3n) is 2.99. The van der Waals surface area contributed by atoms with E-state index >= 15 is 0 Å². The summed E-state index contributed by atoms with van der Waals surface area (Å²) in [5.74, 6) is -0.484. The lowest BCUT2D eigenvalue weighted by Crippen LogP contribution is -2.38. The highest BCUT2D eigenvalue weighted by molar-refractivity contribution is 7.92. The van der Waals surface area contributed by atoms with Crippen molar-refractivity contribution >= 4 is 15.7 Å². The molecule has 0 saturated carbocycles. The molecule has 0 aliphatic carbocycles. The second-order valence-electron chi connectivity index (χ2n) is 4.57. The molecule has 0 bridgehead atoms. The Labute approximate surface area is 114 Å². The molecule has 2 atom stereocenters. The Morgan fingerprint density at radius 2 is 1.89 bits per heavy atom. The molecule has 19 heavy (non-hydrogen) atoms. The van der Waals surface area contributed by atoms with E-state index in [-0.39, 0.29) is 6.04 Å². The van der Waals surface area contributed by atoms with Crippen LogP contribution in [0, 0.1) is 0 Å². The Morgan fingerprint density at radius 3 is 2.42 bits per heavy atom. The maximum absolute atomic E-state index is 11.6. The molecule has 0 radical (unpaired) electrons. The number of rotatable bonds is 6. The summed E-state index contributed by atoms with van der Waals surface area (Å²) in [6, 6.07) is 9.39. The van der Waals surface area contributed by atoms with E-state index in [1.165, 1.54) is 6.92 Å². The zero-order chi connectivity index (χ0) is 14.5. The van der Waals surface area contributed by atoms with Crippen molar-refractivity contribution in [3.05, 3.63) is 35.9 Å². The van der Waals surface area contributed by atoms with Crippen molar-refractivity contribution in [2.24, 2.45) is 5.73 Å². The number of sulfone groups is 1. The molecule has 1 aromatic carbocycles. The molecule has 0 saturated heterocycles. The lowest BCUT2D eigenvalue weighted by molar-refractivity contribution is -0.120. The molecule has 6 heteroatoms. The second-order valence-corrected chi connectivity index (χ2v) is 6.93. The Kier molecular flexibility index (Phi) is 5.50. The van der Waals surface area contributed by atoms with Gasteiger partial charge in [0.05, 0.1) is 0 Å². The first-order chi connectivity index (χ1) is 8.82. The lowest BCUT2D eigenvalue weighted by Gasteiger charge is -2.14. The Balaban J connectivity index is 2.41. The van der Waals surface area contributed by atoms with Crippen molar-refractivity contribution in [1.82, 2.24) is 5.32 Å². The van der Waals surface area contributed by atoms with Gasteiger partial charge < -0.3 is 11.1 Å². The van der Waals surface area contributed by atoms with Gasteiger partial charge in [-0.3, -0.25) is 4.79 Å². The van der Waals surface area contributed by atoms with Crippen LogP contribution in [-0.4, -0.2) is 32.4 Å². The normalized spacial score (nSPS) is 14.7. The molecule has 3 N–H and O–H groups in total. The minimum atomic E-state index is -3.35. The summed E-state index contributed by atoms with van der Waals surface area (Å²) in [4.78, 5) is 11.6. The Morgan fingerprint density at radius 1 is 1.32 bits per heavy atom. The number of hydrogen-bond acceptors (Lipinski definition) is 4. The van der Waals surface area contributed by atoms with Crippen LogP contribution in [0.1, 0.15) is 24.9 Å². The summed E-state index contributed by atoms with van der Waals surface area (Å²) >= 11 is 0. The first-order valence-corrected chi connectivity index (χ1v) is 8.05. The predicted molar refractivity (Wildman–Crippen MR) is 75.3 cm³/mol. The highest BCUT2D eigenvalue weighted by Gasteiger charge is 2.23. The fourth-order valence-electron chi connectivity index (χ4n) is 1.56. The van der Waals surface area contributed by atoms with E-state index in [1.54, 1.807) is 0 Å². The van der Waals surface area contributed by atoms with Crippen LogP contribution in [-0.2, 0) is 14.6 Å². The predicted octanol–water partition coefficient (Wildman–Crippen LogP) is 0.626. The molecule has 1 amide bonds. The smallest absolute Gasteiger partial charge is 0.238 e. The minimum absolute atomic E-state index is 0.171. The largest absolute Gasteiger partial charge is 0.355 e. The molecule has 0 spiro atoms. The molecule has 106 valence electrons. The van der Waals surface area contributed by atoms with E-state index in [1.807, 2.05) is 30.3 Å². The van der Waals surface area contributed by atoms with Crippen LogP contribution in [0.25, 0.3) is 0 Å². The Hall–Kier alpha value is -1.40. The molecule has 0 aliphatic heterocycles. The molecular formula is C13H20N2O3S. The van der Waals surface area contributed by atoms with Gasteiger partial charge in [-0.15, -0.1) is 0 Å². The van der Waals surface area contributed by atoms with E-state index in [4.69, 9.17) is 5.73 Å². The summed E-state index contributed by atoms with van der Waals surface area (Å²) in [7, 11) is -3.35. The van der Waals surface area contributed by atoms with E-state index in [9.17, 15) is 13.2 Å². The molecule has 0 fully saturated rings. The highest BCUT2D eigenvalue weighted by Crippen LogP contribution is 2.12. The van der Waals surface area contributed by atoms with Gasteiger partial charge in [0.2, 0.25) is 5.91 Å². The summed E-state index contributed by atoms with van der Waals surface area (Å²) in [5.41, 5.74) is 6.97. The van der Waals surface area contributed by atoms with Gasteiger partial charge in [0.25, 0.3) is 0 Å². The van der Waals surface area contributed by atoms with E-state index < -0.39 is 21.0 Å². The quantitative estimate of drug-likeness (QED) is 0.801. The minimum Gasteiger partial charge on any atom is -0.355 e. The maximum Gasteiger partial charge on any atom is 0.238 e. The average Bonchev–Trinajstić information content (AvgIpc) is 2.37. The van der Waals surface area contributed by atoms with E-state index in [0.717, 1.165) is 11.8 Å². The van der Waals surface area contributed by atoms with Crippen LogP contribution in [0.5, 0.6) is 0 Å². The highest BCUT2D eigenvalue weighted by atomic mass is 32.2. The number of hydrogen-bond donors (Lipinski definition) is 2. The van der Waals surface area contributed by atoms with Crippen LogP contribution in [0.4, 0.5) is 0 Å². The van der Waals surface area contributed by atoms with Crippen LogP contribution in [0.3, 0.4) is 0 Å². The summed E-state index contributed by atoms with van der Waals surface area (Å²) in [5, 5.41) is 1.56. The van der Waals surface area contributed by atoms with Gasteiger partial charge in [-0.1, -0.05) is 30.3 Å². The number of amides is 1. The molecule has 1 aromatic rings. The van der Waals surface area contributed by atoms with Gasteiger partial charge in [0.1, 0.15) is 5.25 Å². The summed E-state index contributed by atoms with van der Waals surface area (Å²) in [6.07, 6.45) is 1.61. The SMILES string of the molecule is CC(C(=O)NCCC(N)c1ccccc1)S(C)(=O)=O. The molecular weight excluding hydrogens is 264 g/mol. The topological polar surface area (TPSA) is 89.3 Å². The van der Waals surface area contributed by atoms with Gasteiger partial charge in [-0.05, 0) is 18.9 Å². The fourth-order valence-corrected chi connectivity index (χ4v) is 2.03. The first kappa shape index (κ1) is 15.7. The van der Waals surface area contributed by atoms with Crippen molar-refractivity contribution in [1.29, 1.82) is 0 Å². The molecule has 2 unspecified atom stereocenters. The third-order valence-corrected chi connectivity index (χ3v) is 4.49. The van der Waals surface area contributed by atoms with Gasteiger partial charge in [-0.25, -0.2) is 8.42 Å². The van der Waals surface area contributed by atoms with Gasteiger partial charge in [0.15, 0.2) is 9.84 Å². The molecule has 0 aliphatic rings. The van der Waals surface area contributed by atoms with Crippen LogP contribution in [0.2, 0.25) is 0 Å². The van der Waals surface area contributed by atoms with Crippen molar-refractivity contribution in [3.63, 3.8) is 0 Å². The maximum atomic E-state index is 11.6. The van der Waals surface area contributed by atoms with Crippen LogP contribution >= 0.6 is 0 Å². The van der Waals surface area contributed by atoms with E-state index in [0.29, 0.717) is 13.0 Å².